The Labute approximate surface area is 135 Å². The summed E-state index contributed by atoms with van der Waals surface area (Å²) in [6.45, 7) is 0.152. The largest absolute Gasteiger partial charge is 0.335 e. The van der Waals surface area contributed by atoms with Crippen LogP contribution in [0, 0.1) is 17.6 Å². The van der Waals surface area contributed by atoms with Gasteiger partial charge in [-0.25, -0.2) is 8.78 Å². The first-order valence-electron chi connectivity index (χ1n) is 8.54. The highest BCUT2D eigenvalue weighted by molar-refractivity contribution is 5.79. The summed E-state index contributed by atoms with van der Waals surface area (Å²) in [6.07, 6.45) is 6.43. The molecule has 3 nitrogen and oxygen atoms in total. The zero-order valence-corrected chi connectivity index (χ0v) is 13.3. The van der Waals surface area contributed by atoms with Crippen LogP contribution < -0.4 is 5.73 Å². The molecule has 0 saturated heterocycles. The van der Waals surface area contributed by atoms with Crippen molar-refractivity contribution in [2.45, 2.75) is 63.6 Å². The van der Waals surface area contributed by atoms with Gasteiger partial charge in [-0.1, -0.05) is 12.8 Å². The molecule has 0 spiro atoms. The molecule has 2 unspecified atom stereocenters. The first-order chi connectivity index (χ1) is 11.0. The standard InChI is InChI=1S/C18H24F2N2O/c19-14-6-8-17(20)13(9-14)11-22(16-3-1-2-4-16)18(23)12-5-7-15(21)10-12/h6,8-9,12,15-16H,1-5,7,10-11,21H2. The molecule has 0 bridgehead atoms. The van der Waals surface area contributed by atoms with Crippen molar-refractivity contribution in [1.29, 1.82) is 0 Å². The van der Waals surface area contributed by atoms with Gasteiger partial charge in [-0.15, -0.1) is 0 Å². The summed E-state index contributed by atoms with van der Waals surface area (Å²) in [4.78, 5) is 14.7. The van der Waals surface area contributed by atoms with E-state index in [0.29, 0.717) is 6.42 Å². The molecular formula is C18H24F2N2O. The number of halogens is 2. The zero-order chi connectivity index (χ0) is 16.4. The lowest BCUT2D eigenvalue weighted by Crippen LogP contribution is -2.42. The Bertz CT molecular complexity index is 572. The number of hydrogen-bond donors (Lipinski definition) is 1. The predicted molar refractivity (Wildman–Crippen MR) is 84.5 cm³/mol. The van der Waals surface area contributed by atoms with Gasteiger partial charge in [-0.2, -0.15) is 0 Å². The van der Waals surface area contributed by atoms with Gasteiger partial charge in [0.15, 0.2) is 0 Å². The van der Waals surface area contributed by atoms with E-state index in [-0.39, 0.29) is 36.0 Å². The highest BCUT2D eigenvalue weighted by atomic mass is 19.1. The number of carbonyl (C=O) groups excluding carboxylic acids is 1. The Hall–Kier alpha value is -1.49. The van der Waals surface area contributed by atoms with E-state index in [1.165, 1.54) is 6.07 Å². The van der Waals surface area contributed by atoms with E-state index in [4.69, 9.17) is 5.73 Å². The van der Waals surface area contributed by atoms with Crippen molar-refractivity contribution in [2.75, 3.05) is 0 Å². The second-order valence-corrected chi connectivity index (χ2v) is 6.91. The van der Waals surface area contributed by atoms with Crippen LogP contribution in [0.2, 0.25) is 0 Å². The second-order valence-electron chi connectivity index (χ2n) is 6.91. The summed E-state index contributed by atoms with van der Waals surface area (Å²) in [5.41, 5.74) is 6.19. The minimum atomic E-state index is -0.469. The Kier molecular flexibility index (Phi) is 4.95. The normalized spacial score (nSPS) is 25.0. The van der Waals surface area contributed by atoms with Crippen molar-refractivity contribution in [3.8, 4) is 0 Å². The van der Waals surface area contributed by atoms with Gasteiger partial charge in [0, 0.05) is 30.1 Å². The number of nitrogens with zero attached hydrogens (tertiary/aromatic N) is 1. The molecule has 2 atom stereocenters. The third kappa shape index (κ3) is 3.71. The van der Waals surface area contributed by atoms with Gasteiger partial charge >= 0.3 is 0 Å². The summed E-state index contributed by atoms with van der Waals surface area (Å²) >= 11 is 0. The van der Waals surface area contributed by atoms with E-state index in [0.717, 1.165) is 50.7 Å². The molecule has 126 valence electrons. The maximum Gasteiger partial charge on any atom is 0.226 e. The molecule has 2 fully saturated rings. The topological polar surface area (TPSA) is 46.3 Å². The van der Waals surface area contributed by atoms with Gasteiger partial charge in [0.1, 0.15) is 11.6 Å². The highest BCUT2D eigenvalue weighted by Gasteiger charge is 2.35. The number of amides is 1. The van der Waals surface area contributed by atoms with Crippen LogP contribution in [0.3, 0.4) is 0 Å². The lowest BCUT2D eigenvalue weighted by molar-refractivity contribution is -0.138. The summed E-state index contributed by atoms with van der Waals surface area (Å²) < 4.78 is 27.4. The summed E-state index contributed by atoms with van der Waals surface area (Å²) in [7, 11) is 0. The number of hydrogen-bond acceptors (Lipinski definition) is 2. The maximum atomic E-state index is 14.0. The monoisotopic (exact) mass is 322 g/mol. The minimum Gasteiger partial charge on any atom is -0.335 e. The molecule has 23 heavy (non-hydrogen) atoms. The first kappa shape index (κ1) is 16.4. The molecule has 0 radical (unpaired) electrons. The molecule has 5 heteroatoms. The lowest BCUT2D eigenvalue weighted by Gasteiger charge is -2.31. The Morgan fingerprint density at radius 1 is 1.17 bits per heavy atom. The van der Waals surface area contributed by atoms with Crippen LogP contribution in [0.4, 0.5) is 8.78 Å². The molecule has 0 aromatic heterocycles. The van der Waals surface area contributed by atoms with Gasteiger partial charge in [-0.3, -0.25) is 4.79 Å². The smallest absolute Gasteiger partial charge is 0.226 e. The van der Waals surface area contributed by atoms with Gasteiger partial charge in [0.2, 0.25) is 5.91 Å². The van der Waals surface area contributed by atoms with Crippen molar-refractivity contribution < 1.29 is 13.6 Å². The van der Waals surface area contributed by atoms with E-state index < -0.39 is 11.6 Å². The maximum absolute atomic E-state index is 14.0. The lowest BCUT2D eigenvalue weighted by atomic mass is 10.0. The number of nitrogens with two attached hydrogens (primary N) is 1. The first-order valence-corrected chi connectivity index (χ1v) is 8.54. The molecule has 2 aliphatic carbocycles. The van der Waals surface area contributed by atoms with Crippen LogP contribution in [0.5, 0.6) is 0 Å². The molecule has 2 N–H and O–H groups in total. The van der Waals surface area contributed by atoms with Crippen molar-refractivity contribution in [3.63, 3.8) is 0 Å². The fraction of sp³-hybridized carbons (Fsp3) is 0.611. The Balaban J connectivity index is 1.80. The van der Waals surface area contributed by atoms with E-state index >= 15 is 0 Å². The van der Waals surface area contributed by atoms with E-state index in [1.54, 1.807) is 4.90 Å². The van der Waals surface area contributed by atoms with Crippen molar-refractivity contribution in [2.24, 2.45) is 11.7 Å². The Morgan fingerprint density at radius 2 is 1.91 bits per heavy atom. The van der Waals surface area contributed by atoms with Gasteiger partial charge < -0.3 is 10.6 Å². The van der Waals surface area contributed by atoms with E-state index in [2.05, 4.69) is 0 Å². The molecule has 1 aromatic rings. The van der Waals surface area contributed by atoms with Crippen LogP contribution in [-0.2, 0) is 11.3 Å². The van der Waals surface area contributed by atoms with Crippen molar-refractivity contribution in [3.05, 3.63) is 35.4 Å². The number of carbonyl (C=O) groups is 1. The molecular weight excluding hydrogens is 298 g/mol. The molecule has 1 amide bonds. The predicted octanol–water partition coefficient (Wildman–Crippen LogP) is 3.36. The quantitative estimate of drug-likeness (QED) is 0.924. The van der Waals surface area contributed by atoms with Crippen LogP contribution in [-0.4, -0.2) is 22.9 Å². The van der Waals surface area contributed by atoms with Gasteiger partial charge in [-0.05, 0) is 50.3 Å². The van der Waals surface area contributed by atoms with E-state index in [1.807, 2.05) is 0 Å². The fourth-order valence-electron chi connectivity index (χ4n) is 3.93. The zero-order valence-electron chi connectivity index (χ0n) is 13.3. The second kappa shape index (κ2) is 6.95. The van der Waals surface area contributed by atoms with Crippen LogP contribution in [0.25, 0.3) is 0 Å². The van der Waals surface area contributed by atoms with E-state index in [9.17, 15) is 13.6 Å². The molecule has 0 heterocycles. The summed E-state index contributed by atoms with van der Waals surface area (Å²) in [6, 6.07) is 3.66. The van der Waals surface area contributed by atoms with Crippen LogP contribution >= 0.6 is 0 Å². The third-order valence-corrected chi connectivity index (χ3v) is 5.22. The average molecular weight is 322 g/mol. The Morgan fingerprint density at radius 3 is 2.57 bits per heavy atom. The molecule has 3 rings (SSSR count). The highest BCUT2D eigenvalue weighted by Crippen LogP contribution is 2.31. The minimum absolute atomic E-state index is 0.0634. The summed E-state index contributed by atoms with van der Waals surface area (Å²) in [5.74, 6) is -0.927. The van der Waals surface area contributed by atoms with Crippen LogP contribution in [0.15, 0.2) is 18.2 Å². The molecule has 1 aromatic carbocycles. The molecule has 0 aliphatic heterocycles. The third-order valence-electron chi connectivity index (χ3n) is 5.22. The van der Waals surface area contributed by atoms with Gasteiger partial charge in [0.25, 0.3) is 0 Å². The summed E-state index contributed by atoms with van der Waals surface area (Å²) in [5, 5.41) is 0. The molecule has 2 aliphatic rings. The van der Waals surface area contributed by atoms with Crippen molar-refractivity contribution in [1.82, 2.24) is 4.90 Å². The van der Waals surface area contributed by atoms with Gasteiger partial charge in [0.05, 0.1) is 0 Å². The fourth-order valence-corrected chi connectivity index (χ4v) is 3.93. The number of benzene rings is 1. The van der Waals surface area contributed by atoms with Crippen LogP contribution in [0.1, 0.15) is 50.5 Å². The average Bonchev–Trinajstić information content (AvgIpc) is 3.19. The molecule has 2 saturated carbocycles. The number of rotatable bonds is 4. The van der Waals surface area contributed by atoms with Crippen molar-refractivity contribution >= 4 is 5.91 Å². The SMILES string of the molecule is NC1CCC(C(=O)N(Cc2cc(F)ccc2F)C2CCCC2)C1.